The van der Waals surface area contributed by atoms with Crippen molar-refractivity contribution in [3.63, 3.8) is 0 Å². The van der Waals surface area contributed by atoms with Gasteiger partial charge in [-0.1, -0.05) is 0 Å². The molecule has 0 saturated heterocycles. The van der Waals surface area contributed by atoms with Crippen molar-refractivity contribution in [1.82, 2.24) is 10.2 Å². The summed E-state index contributed by atoms with van der Waals surface area (Å²) in [7, 11) is 1.42. The van der Waals surface area contributed by atoms with Gasteiger partial charge >= 0.3 is 5.97 Å². The van der Waals surface area contributed by atoms with Crippen LogP contribution in [-0.4, -0.2) is 47.9 Å². The Kier molecular flexibility index (Phi) is 4.27. The number of hydrogen-bond acceptors (Lipinski definition) is 4. The van der Waals surface area contributed by atoms with Crippen molar-refractivity contribution in [2.24, 2.45) is 0 Å². The lowest BCUT2D eigenvalue weighted by atomic mass is 10.4. The highest BCUT2D eigenvalue weighted by Gasteiger charge is 2.17. The number of nitrogens with zero attached hydrogens (tertiary/aromatic N) is 1. The lowest BCUT2D eigenvalue weighted by Gasteiger charge is -2.14. The number of carboxylic acids is 1. The van der Waals surface area contributed by atoms with Gasteiger partial charge in [-0.25, -0.2) is 0 Å². The third-order valence-electron chi connectivity index (χ3n) is 1.90. The van der Waals surface area contributed by atoms with Crippen molar-refractivity contribution in [2.45, 2.75) is 0 Å². The summed E-state index contributed by atoms with van der Waals surface area (Å²) in [5.74, 6) is -2.01. The number of likely N-dealkylation sites (N-methyl/N-ethyl adjacent to an activating group) is 1. The van der Waals surface area contributed by atoms with Gasteiger partial charge in [0, 0.05) is 7.05 Å². The Morgan fingerprint density at radius 2 is 2.18 bits per heavy atom. The molecule has 1 aromatic heterocycles. The van der Waals surface area contributed by atoms with Crippen molar-refractivity contribution >= 4 is 17.8 Å². The van der Waals surface area contributed by atoms with Crippen LogP contribution in [0, 0.1) is 0 Å². The van der Waals surface area contributed by atoms with Crippen LogP contribution in [0.3, 0.4) is 0 Å². The maximum Gasteiger partial charge on any atom is 0.322 e. The molecule has 0 spiro atoms. The second kappa shape index (κ2) is 5.69. The molecule has 0 bridgehead atoms. The zero-order chi connectivity index (χ0) is 12.8. The van der Waals surface area contributed by atoms with E-state index in [-0.39, 0.29) is 12.3 Å². The molecule has 0 aromatic carbocycles. The number of hydrogen-bond donors (Lipinski definition) is 2. The van der Waals surface area contributed by atoms with E-state index in [1.54, 1.807) is 6.07 Å². The number of carbonyl (C=O) groups excluding carboxylic acids is 2. The zero-order valence-corrected chi connectivity index (χ0v) is 9.17. The Morgan fingerprint density at radius 3 is 2.71 bits per heavy atom. The van der Waals surface area contributed by atoms with Crippen molar-refractivity contribution < 1.29 is 23.9 Å². The Hall–Kier alpha value is -2.31. The lowest BCUT2D eigenvalue weighted by Crippen LogP contribution is -2.40. The van der Waals surface area contributed by atoms with E-state index in [4.69, 9.17) is 9.52 Å². The molecule has 2 N–H and O–H groups in total. The zero-order valence-electron chi connectivity index (χ0n) is 9.17. The standard InChI is InChI=1S/C10H12N2O5/c1-12(6-8(13)11-5-9(14)15)10(16)7-3-2-4-17-7/h2-4H,5-6H2,1H3,(H,11,13)(H,14,15). The fourth-order valence-corrected chi connectivity index (χ4v) is 1.11. The van der Waals surface area contributed by atoms with Crippen LogP contribution in [0.15, 0.2) is 22.8 Å². The summed E-state index contributed by atoms with van der Waals surface area (Å²) < 4.78 is 4.88. The van der Waals surface area contributed by atoms with Crippen LogP contribution in [0.1, 0.15) is 10.6 Å². The van der Waals surface area contributed by atoms with Crippen LogP contribution < -0.4 is 5.32 Å². The highest BCUT2D eigenvalue weighted by molar-refractivity contribution is 5.94. The summed E-state index contributed by atoms with van der Waals surface area (Å²) in [6, 6.07) is 3.04. The van der Waals surface area contributed by atoms with E-state index in [1.807, 2.05) is 0 Å². The number of rotatable bonds is 5. The number of aliphatic carboxylic acids is 1. The van der Waals surface area contributed by atoms with Gasteiger partial charge in [0.2, 0.25) is 5.91 Å². The summed E-state index contributed by atoms with van der Waals surface area (Å²) in [5, 5.41) is 10.5. The molecule has 0 aliphatic heterocycles. The molecule has 0 radical (unpaired) electrons. The fraction of sp³-hybridized carbons (Fsp3) is 0.300. The van der Waals surface area contributed by atoms with Crippen LogP contribution in [0.25, 0.3) is 0 Å². The van der Waals surface area contributed by atoms with E-state index >= 15 is 0 Å². The van der Waals surface area contributed by atoms with Gasteiger partial charge in [0.05, 0.1) is 12.8 Å². The first kappa shape index (κ1) is 12.8. The molecule has 0 saturated carbocycles. The lowest BCUT2D eigenvalue weighted by molar-refractivity contribution is -0.138. The molecular formula is C10H12N2O5. The molecule has 7 nitrogen and oxygen atoms in total. The Morgan fingerprint density at radius 1 is 1.47 bits per heavy atom. The quantitative estimate of drug-likeness (QED) is 0.726. The molecule has 92 valence electrons. The average molecular weight is 240 g/mol. The number of carbonyl (C=O) groups is 3. The van der Waals surface area contributed by atoms with Gasteiger partial charge < -0.3 is 19.7 Å². The monoisotopic (exact) mass is 240 g/mol. The fourth-order valence-electron chi connectivity index (χ4n) is 1.11. The van der Waals surface area contributed by atoms with Gasteiger partial charge in [-0.05, 0) is 12.1 Å². The summed E-state index contributed by atoms with van der Waals surface area (Å²) in [5.41, 5.74) is 0. The predicted molar refractivity (Wildman–Crippen MR) is 56.3 cm³/mol. The van der Waals surface area contributed by atoms with Crippen LogP contribution in [0.4, 0.5) is 0 Å². The largest absolute Gasteiger partial charge is 0.480 e. The van der Waals surface area contributed by atoms with Crippen LogP contribution >= 0.6 is 0 Å². The van der Waals surface area contributed by atoms with E-state index in [0.717, 1.165) is 4.90 Å². The second-order valence-electron chi connectivity index (χ2n) is 3.31. The minimum atomic E-state index is -1.14. The van der Waals surface area contributed by atoms with E-state index in [0.29, 0.717) is 0 Å². The topological polar surface area (TPSA) is 99.9 Å². The SMILES string of the molecule is CN(CC(=O)NCC(=O)O)C(=O)c1ccco1. The van der Waals surface area contributed by atoms with Crippen molar-refractivity contribution in [3.8, 4) is 0 Å². The molecule has 0 aliphatic rings. The van der Waals surface area contributed by atoms with E-state index in [2.05, 4.69) is 5.32 Å². The molecule has 0 aliphatic carbocycles. The molecule has 0 atom stereocenters. The molecule has 1 heterocycles. The van der Waals surface area contributed by atoms with E-state index in [1.165, 1.54) is 19.4 Å². The minimum Gasteiger partial charge on any atom is -0.480 e. The Bertz CT molecular complexity index is 412. The molecule has 1 rings (SSSR count). The highest BCUT2D eigenvalue weighted by atomic mass is 16.4. The number of carboxylic acid groups (broad SMARTS) is 1. The van der Waals surface area contributed by atoms with Crippen molar-refractivity contribution in [2.75, 3.05) is 20.1 Å². The van der Waals surface area contributed by atoms with E-state index < -0.39 is 24.3 Å². The molecule has 0 unspecified atom stereocenters. The third-order valence-corrected chi connectivity index (χ3v) is 1.90. The number of amides is 2. The summed E-state index contributed by atoms with van der Waals surface area (Å²) >= 11 is 0. The maximum atomic E-state index is 11.6. The van der Waals surface area contributed by atoms with Gasteiger partial charge in [-0.3, -0.25) is 14.4 Å². The summed E-state index contributed by atoms with van der Waals surface area (Å²) in [4.78, 5) is 34.2. The average Bonchev–Trinajstić information content (AvgIpc) is 2.78. The van der Waals surface area contributed by atoms with Gasteiger partial charge in [0.15, 0.2) is 5.76 Å². The van der Waals surface area contributed by atoms with Gasteiger partial charge in [0.1, 0.15) is 6.54 Å². The maximum absolute atomic E-state index is 11.6. The second-order valence-corrected chi connectivity index (χ2v) is 3.31. The van der Waals surface area contributed by atoms with Crippen LogP contribution in [0.5, 0.6) is 0 Å². The van der Waals surface area contributed by atoms with Crippen LogP contribution in [0.2, 0.25) is 0 Å². The van der Waals surface area contributed by atoms with Crippen molar-refractivity contribution in [1.29, 1.82) is 0 Å². The number of furan rings is 1. The highest BCUT2D eigenvalue weighted by Crippen LogP contribution is 2.03. The molecule has 17 heavy (non-hydrogen) atoms. The predicted octanol–water partition coefficient (Wildman–Crippen LogP) is -0.448. The van der Waals surface area contributed by atoms with Gasteiger partial charge in [0.25, 0.3) is 5.91 Å². The van der Waals surface area contributed by atoms with Gasteiger partial charge in [-0.2, -0.15) is 0 Å². The third kappa shape index (κ3) is 3.98. The normalized spacial score (nSPS) is 9.71. The summed E-state index contributed by atoms with van der Waals surface area (Å²) in [6.07, 6.45) is 1.35. The van der Waals surface area contributed by atoms with Crippen molar-refractivity contribution in [3.05, 3.63) is 24.2 Å². The Labute approximate surface area is 97.0 Å². The molecular weight excluding hydrogens is 228 g/mol. The minimum absolute atomic E-state index is 0.124. The summed E-state index contributed by atoms with van der Waals surface area (Å²) in [6.45, 7) is -0.700. The van der Waals surface area contributed by atoms with Crippen LogP contribution in [-0.2, 0) is 9.59 Å². The first-order valence-electron chi connectivity index (χ1n) is 4.78. The Balaban J connectivity index is 2.43. The smallest absolute Gasteiger partial charge is 0.322 e. The first-order valence-corrected chi connectivity index (χ1v) is 4.78. The molecule has 7 heteroatoms. The van der Waals surface area contributed by atoms with E-state index in [9.17, 15) is 14.4 Å². The molecule has 1 aromatic rings. The number of nitrogens with one attached hydrogen (secondary N) is 1. The molecule has 2 amide bonds. The first-order chi connectivity index (χ1) is 8.00. The molecule has 0 fully saturated rings. The van der Waals surface area contributed by atoms with Gasteiger partial charge in [-0.15, -0.1) is 0 Å².